The predicted octanol–water partition coefficient (Wildman–Crippen LogP) is 3.22. The van der Waals surface area contributed by atoms with Gasteiger partial charge in [-0.05, 0) is 24.8 Å². The number of pyridine rings is 1. The summed E-state index contributed by atoms with van der Waals surface area (Å²) >= 11 is 0. The Hall–Kier alpha value is -1.43. The Morgan fingerprint density at radius 3 is 2.55 bits per heavy atom. The van der Waals surface area contributed by atoms with E-state index in [0.29, 0.717) is 12.8 Å². The molecule has 0 saturated heterocycles. The third kappa shape index (κ3) is 3.17. The van der Waals surface area contributed by atoms with Crippen LogP contribution in [0.5, 0.6) is 0 Å². The Morgan fingerprint density at radius 1 is 1.30 bits per heavy atom. The molecule has 1 aliphatic rings. The van der Waals surface area contributed by atoms with Gasteiger partial charge in [0.05, 0.1) is 11.1 Å². The first-order valence-corrected chi connectivity index (χ1v) is 6.64. The minimum absolute atomic E-state index is 0.252. The molecule has 1 saturated carbocycles. The van der Waals surface area contributed by atoms with Gasteiger partial charge in [-0.1, -0.05) is 19.3 Å². The van der Waals surface area contributed by atoms with E-state index in [-0.39, 0.29) is 5.92 Å². The summed E-state index contributed by atoms with van der Waals surface area (Å²) in [5.41, 5.74) is -1.58. The van der Waals surface area contributed by atoms with E-state index in [0.717, 1.165) is 37.7 Å². The highest BCUT2D eigenvalue weighted by Gasteiger charge is 2.38. The fourth-order valence-corrected chi connectivity index (χ4v) is 2.66. The Labute approximate surface area is 114 Å². The molecule has 1 unspecified atom stereocenters. The molecule has 6 heteroatoms. The van der Waals surface area contributed by atoms with Gasteiger partial charge in [-0.25, -0.2) is 0 Å². The second-order valence-corrected chi connectivity index (χ2v) is 5.13. The summed E-state index contributed by atoms with van der Waals surface area (Å²) in [5.74, 6) is -1.13. The van der Waals surface area contributed by atoms with Gasteiger partial charge in [-0.15, -0.1) is 0 Å². The highest BCUT2D eigenvalue weighted by molar-refractivity contribution is 6.00. The minimum Gasteiger partial charge on any atom is -0.385 e. The second-order valence-electron chi connectivity index (χ2n) is 5.13. The summed E-state index contributed by atoms with van der Waals surface area (Å²) in [6.45, 7) is 0. The van der Waals surface area contributed by atoms with E-state index in [1.807, 2.05) is 0 Å². The molecule has 3 nitrogen and oxygen atoms in total. The molecule has 20 heavy (non-hydrogen) atoms. The number of hydrogen-bond donors (Lipinski definition) is 1. The number of halogens is 3. The number of alkyl halides is 3. The van der Waals surface area contributed by atoms with E-state index in [1.165, 1.54) is 0 Å². The molecule has 1 aromatic heterocycles. The number of rotatable bonds is 3. The van der Waals surface area contributed by atoms with E-state index in [2.05, 4.69) is 4.98 Å². The lowest BCUT2D eigenvalue weighted by Crippen LogP contribution is -2.32. The lowest BCUT2D eigenvalue weighted by Gasteiger charge is -2.26. The number of hydrogen-bond acceptors (Lipinski definition) is 3. The van der Waals surface area contributed by atoms with Crippen LogP contribution in [0.2, 0.25) is 0 Å². The molecule has 1 aliphatic carbocycles. The van der Waals surface area contributed by atoms with Crippen molar-refractivity contribution in [1.29, 1.82) is 0 Å². The van der Waals surface area contributed by atoms with Crippen LogP contribution in [-0.2, 0) is 6.18 Å². The van der Waals surface area contributed by atoms with Crippen molar-refractivity contribution in [3.05, 3.63) is 29.6 Å². The molecule has 0 aromatic carbocycles. The molecular formula is C14H16F3NO2. The normalized spacial score (nSPS) is 18.8. The number of aliphatic hydroxyl groups excluding tert-OH is 1. The summed E-state index contributed by atoms with van der Waals surface area (Å²) in [4.78, 5) is 15.7. The van der Waals surface area contributed by atoms with Crippen molar-refractivity contribution in [2.45, 2.75) is 44.4 Å². The average Bonchev–Trinajstić information content (AvgIpc) is 2.46. The molecule has 0 amide bonds. The number of aliphatic hydroxyl groups is 1. The molecule has 0 aliphatic heterocycles. The van der Waals surface area contributed by atoms with Crippen molar-refractivity contribution in [2.24, 2.45) is 5.92 Å². The van der Waals surface area contributed by atoms with Gasteiger partial charge in [0, 0.05) is 12.4 Å². The Bertz CT molecular complexity index is 482. The molecular weight excluding hydrogens is 271 g/mol. The van der Waals surface area contributed by atoms with Crippen molar-refractivity contribution < 1.29 is 23.1 Å². The van der Waals surface area contributed by atoms with Crippen LogP contribution in [0.1, 0.15) is 48.0 Å². The van der Waals surface area contributed by atoms with E-state index in [9.17, 15) is 23.1 Å². The van der Waals surface area contributed by atoms with Crippen molar-refractivity contribution in [3.8, 4) is 0 Å². The molecule has 1 fully saturated rings. The zero-order valence-corrected chi connectivity index (χ0v) is 10.9. The Balaban J connectivity index is 2.24. The monoisotopic (exact) mass is 287 g/mol. The minimum atomic E-state index is -4.62. The van der Waals surface area contributed by atoms with Gasteiger partial charge in [-0.3, -0.25) is 9.78 Å². The van der Waals surface area contributed by atoms with Gasteiger partial charge in [0.25, 0.3) is 0 Å². The summed E-state index contributed by atoms with van der Waals surface area (Å²) in [6, 6.07) is 0.765. The zero-order valence-electron chi connectivity index (χ0n) is 10.9. The zero-order chi connectivity index (χ0) is 14.8. The van der Waals surface area contributed by atoms with E-state index in [1.54, 1.807) is 0 Å². The van der Waals surface area contributed by atoms with Crippen LogP contribution in [0.25, 0.3) is 0 Å². The van der Waals surface area contributed by atoms with E-state index < -0.39 is 29.2 Å². The maximum atomic E-state index is 12.9. The number of nitrogens with zero attached hydrogens (tertiary/aromatic N) is 1. The fourth-order valence-electron chi connectivity index (χ4n) is 2.66. The molecule has 1 heterocycles. The molecule has 1 N–H and O–H groups in total. The third-order valence-electron chi connectivity index (χ3n) is 3.76. The SMILES string of the molecule is O=C(c1cnccc1C(F)(F)F)C(O)C1CCCCC1. The maximum absolute atomic E-state index is 12.9. The summed E-state index contributed by atoms with van der Waals surface area (Å²) in [5, 5.41) is 10.0. The fraction of sp³-hybridized carbons (Fsp3) is 0.571. The molecule has 0 bridgehead atoms. The quantitative estimate of drug-likeness (QED) is 0.868. The van der Waals surface area contributed by atoms with Crippen LogP contribution in [0.3, 0.4) is 0 Å². The molecule has 0 radical (unpaired) electrons. The van der Waals surface area contributed by atoms with Crippen LogP contribution >= 0.6 is 0 Å². The largest absolute Gasteiger partial charge is 0.417 e. The number of Topliss-reactive ketones (excluding diaryl/α,β-unsaturated/α-hetero) is 1. The Kier molecular flexibility index (Phi) is 4.42. The topological polar surface area (TPSA) is 50.2 Å². The average molecular weight is 287 g/mol. The number of carbonyl (C=O) groups is 1. The molecule has 0 spiro atoms. The Morgan fingerprint density at radius 2 is 1.95 bits per heavy atom. The van der Waals surface area contributed by atoms with Crippen LogP contribution in [0, 0.1) is 5.92 Å². The first kappa shape index (κ1) is 15.0. The van der Waals surface area contributed by atoms with E-state index >= 15 is 0 Å². The molecule has 2 rings (SSSR count). The predicted molar refractivity (Wildman–Crippen MR) is 66.2 cm³/mol. The highest BCUT2D eigenvalue weighted by atomic mass is 19.4. The molecule has 1 atom stereocenters. The first-order chi connectivity index (χ1) is 9.41. The third-order valence-corrected chi connectivity index (χ3v) is 3.76. The standard InChI is InChI=1S/C14H16F3NO2/c15-14(16,17)11-6-7-18-8-10(11)13(20)12(19)9-4-2-1-3-5-9/h6-9,12,19H,1-5H2. The number of aromatic nitrogens is 1. The number of carbonyl (C=O) groups excluding carboxylic acids is 1. The van der Waals surface area contributed by atoms with Gasteiger partial charge in [0.2, 0.25) is 0 Å². The summed E-state index contributed by atoms with van der Waals surface area (Å²) in [6.07, 6.45) is 0.0636. The molecule has 1 aromatic rings. The van der Waals surface area contributed by atoms with Crippen molar-refractivity contribution >= 4 is 5.78 Å². The first-order valence-electron chi connectivity index (χ1n) is 6.64. The smallest absolute Gasteiger partial charge is 0.385 e. The highest BCUT2D eigenvalue weighted by Crippen LogP contribution is 2.34. The van der Waals surface area contributed by atoms with Crippen LogP contribution in [0.15, 0.2) is 18.5 Å². The van der Waals surface area contributed by atoms with Crippen LogP contribution in [0.4, 0.5) is 13.2 Å². The summed E-state index contributed by atoms with van der Waals surface area (Å²) in [7, 11) is 0. The second kappa shape index (κ2) is 5.91. The van der Waals surface area contributed by atoms with Gasteiger partial charge >= 0.3 is 6.18 Å². The van der Waals surface area contributed by atoms with Gasteiger partial charge in [0.15, 0.2) is 5.78 Å². The van der Waals surface area contributed by atoms with Gasteiger partial charge < -0.3 is 5.11 Å². The van der Waals surface area contributed by atoms with Gasteiger partial charge in [-0.2, -0.15) is 13.2 Å². The maximum Gasteiger partial charge on any atom is 0.417 e. The van der Waals surface area contributed by atoms with Crippen molar-refractivity contribution in [3.63, 3.8) is 0 Å². The number of ketones is 1. The summed E-state index contributed by atoms with van der Waals surface area (Å²) < 4.78 is 38.6. The van der Waals surface area contributed by atoms with E-state index in [4.69, 9.17) is 0 Å². The van der Waals surface area contributed by atoms with Gasteiger partial charge in [0.1, 0.15) is 6.10 Å². The van der Waals surface area contributed by atoms with Crippen LogP contribution < -0.4 is 0 Å². The van der Waals surface area contributed by atoms with Crippen molar-refractivity contribution in [2.75, 3.05) is 0 Å². The lowest BCUT2D eigenvalue weighted by atomic mass is 9.82. The van der Waals surface area contributed by atoms with Crippen molar-refractivity contribution in [1.82, 2.24) is 4.98 Å². The lowest BCUT2D eigenvalue weighted by molar-refractivity contribution is -0.138. The molecule has 110 valence electrons. The van der Waals surface area contributed by atoms with Crippen LogP contribution in [-0.4, -0.2) is 22.0 Å².